The molecule has 0 bridgehead atoms. The highest BCUT2D eigenvalue weighted by Crippen LogP contribution is 2.22. The second-order valence-corrected chi connectivity index (χ2v) is 4.74. The maximum absolute atomic E-state index is 11.8. The van der Waals surface area contributed by atoms with Gasteiger partial charge in [-0.3, -0.25) is 4.98 Å². The molecule has 0 saturated heterocycles. The second kappa shape index (κ2) is 6.67. The molecule has 0 spiro atoms. The van der Waals surface area contributed by atoms with Crippen LogP contribution in [-0.2, 0) is 11.3 Å². The highest BCUT2D eigenvalue weighted by Gasteiger charge is 2.15. The van der Waals surface area contributed by atoms with Crippen LogP contribution in [0.5, 0.6) is 0 Å². The third kappa shape index (κ3) is 3.55. The van der Waals surface area contributed by atoms with Crippen LogP contribution < -0.4 is 10.6 Å². The number of hydrogen-bond donors (Lipinski definition) is 2. The third-order valence-electron chi connectivity index (χ3n) is 2.46. The number of hydrogen-bond acceptors (Lipinski definition) is 5. The molecule has 20 heavy (non-hydrogen) atoms. The number of rotatable bonds is 4. The van der Waals surface area contributed by atoms with Crippen LogP contribution in [0.3, 0.4) is 0 Å². The van der Waals surface area contributed by atoms with Crippen molar-refractivity contribution in [2.24, 2.45) is 0 Å². The van der Waals surface area contributed by atoms with Crippen LogP contribution in [0.15, 0.2) is 36.0 Å². The zero-order valence-corrected chi connectivity index (χ0v) is 11.6. The van der Waals surface area contributed by atoms with E-state index in [2.05, 4.69) is 20.4 Å². The number of thiophene rings is 1. The van der Waals surface area contributed by atoms with Crippen molar-refractivity contribution in [2.75, 3.05) is 12.4 Å². The first kappa shape index (κ1) is 14.0. The summed E-state index contributed by atoms with van der Waals surface area (Å²) in [6.07, 6.45) is 3.34. The van der Waals surface area contributed by atoms with Gasteiger partial charge in [0.2, 0.25) is 0 Å². The van der Waals surface area contributed by atoms with Crippen LogP contribution >= 0.6 is 11.3 Å². The van der Waals surface area contributed by atoms with E-state index in [9.17, 15) is 9.59 Å². The standard InChI is InChI=1S/C13H13N3O3S/c1-19-12(17)11-10(4-6-20-11)16-13(18)15-8-9-3-2-5-14-7-9/h2-7H,8H2,1H3,(H2,15,16,18). The molecule has 0 radical (unpaired) electrons. The SMILES string of the molecule is COC(=O)c1sccc1NC(=O)NCc1cccnc1. The van der Waals surface area contributed by atoms with Crippen LogP contribution in [-0.4, -0.2) is 24.1 Å². The Labute approximate surface area is 119 Å². The number of esters is 1. The molecule has 6 nitrogen and oxygen atoms in total. The van der Waals surface area contributed by atoms with Gasteiger partial charge in [0.05, 0.1) is 12.8 Å². The Bertz CT molecular complexity index is 598. The highest BCUT2D eigenvalue weighted by atomic mass is 32.1. The summed E-state index contributed by atoms with van der Waals surface area (Å²) in [4.78, 5) is 27.5. The number of pyridine rings is 1. The number of ether oxygens (including phenoxy) is 1. The summed E-state index contributed by atoms with van der Waals surface area (Å²) in [5.74, 6) is -0.470. The maximum atomic E-state index is 11.8. The van der Waals surface area contributed by atoms with Gasteiger partial charge >= 0.3 is 12.0 Å². The predicted octanol–water partition coefficient (Wildman–Crippen LogP) is 2.25. The zero-order chi connectivity index (χ0) is 14.4. The van der Waals surface area contributed by atoms with E-state index in [1.807, 2.05) is 6.07 Å². The monoisotopic (exact) mass is 291 g/mol. The first-order valence-corrected chi connectivity index (χ1v) is 6.68. The van der Waals surface area contributed by atoms with Gasteiger partial charge in [-0.05, 0) is 23.1 Å². The van der Waals surface area contributed by atoms with Crippen molar-refractivity contribution in [2.45, 2.75) is 6.54 Å². The Morgan fingerprint density at radius 1 is 1.40 bits per heavy atom. The van der Waals surface area contributed by atoms with Crippen LogP contribution in [0, 0.1) is 0 Å². The first-order chi connectivity index (χ1) is 9.70. The largest absolute Gasteiger partial charge is 0.465 e. The predicted molar refractivity (Wildman–Crippen MR) is 75.8 cm³/mol. The van der Waals surface area contributed by atoms with Crippen molar-refractivity contribution in [1.29, 1.82) is 0 Å². The van der Waals surface area contributed by atoms with Gasteiger partial charge in [0.15, 0.2) is 0 Å². The molecule has 0 aliphatic rings. The average Bonchev–Trinajstić information content (AvgIpc) is 2.93. The van der Waals surface area contributed by atoms with Crippen molar-refractivity contribution in [3.05, 3.63) is 46.4 Å². The topological polar surface area (TPSA) is 80.3 Å². The average molecular weight is 291 g/mol. The van der Waals surface area contributed by atoms with Crippen molar-refractivity contribution in [3.8, 4) is 0 Å². The Hall–Kier alpha value is -2.41. The summed E-state index contributed by atoms with van der Waals surface area (Å²) >= 11 is 1.21. The summed E-state index contributed by atoms with van der Waals surface area (Å²) in [7, 11) is 1.30. The molecular weight excluding hydrogens is 278 g/mol. The van der Waals surface area contributed by atoms with E-state index in [1.54, 1.807) is 29.9 Å². The van der Waals surface area contributed by atoms with E-state index in [1.165, 1.54) is 18.4 Å². The molecule has 2 rings (SSSR count). The summed E-state index contributed by atoms with van der Waals surface area (Å²) in [5.41, 5.74) is 1.33. The van der Waals surface area contributed by atoms with Gasteiger partial charge in [-0.15, -0.1) is 11.3 Å². The van der Waals surface area contributed by atoms with Crippen LogP contribution in [0.2, 0.25) is 0 Å². The van der Waals surface area contributed by atoms with Gasteiger partial charge in [0, 0.05) is 18.9 Å². The van der Waals surface area contributed by atoms with Gasteiger partial charge in [-0.1, -0.05) is 6.07 Å². The van der Waals surface area contributed by atoms with Crippen molar-refractivity contribution in [3.63, 3.8) is 0 Å². The number of aromatic nitrogens is 1. The third-order valence-corrected chi connectivity index (χ3v) is 3.35. The quantitative estimate of drug-likeness (QED) is 0.847. The van der Waals surface area contributed by atoms with E-state index < -0.39 is 12.0 Å². The Morgan fingerprint density at radius 3 is 2.95 bits per heavy atom. The molecule has 0 saturated carbocycles. The van der Waals surface area contributed by atoms with Crippen molar-refractivity contribution < 1.29 is 14.3 Å². The summed E-state index contributed by atoms with van der Waals surface area (Å²) in [6, 6.07) is 4.92. The Balaban J connectivity index is 1.92. The first-order valence-electron chi connectivity index (χ1n) is 5.80. The molecule has 104 valence electrons. The fourth-order valence-corrected chi connectivity index (χ4v) is 2.28. The lowest BCUT2D eigenvalue weighted by Gasteiger charge is -2.07. The molecular formula is C13H13N3O3S. The number of nitrogens with zero attached hydrogens (tertiary/aromatic N) is 1. The van der Waals surface area contributed by atoms with Crippen LogP contribution in [0.25, 0.3) is 0 Å². The number of amides is 2. The lowest BCUT2D eigenvalue weighted by atomic mass is 10.3. The number of carbonyl (C=O) groups excluding carboxylic acids is 2. The summed E-state index contributed by atoms with van der Waals surface area (Å²) in [6.45, 7) is 0.359. The second-order valence-electron chi connectivity index (χ2n) is 3.82. The normalized spacial score (nSPS) is 9.85. The molecule has 0 aliphatic carbocycles. The fraction of sp³-hybridized carbons (Fsp3) is 0.154. The minimum absolute atomic E-state index is 0.359. The van der Waals surface area contributed by atoms with Crippen LogP contribution in [0.1, 0.15) is 15.2 Å². The molecule has 0 unspecified atom stereocenters. The summed E-state index contributed by atoms with van der Waals surface area (Å²) in [5, 5.41) is 7.01. The molecule has 0 aromatic carbocycles. The molecule has 2 heterocycles. The molecule has 0 fully saturated rings. The molecule has 2 N–H and O–H groups in total. The molecule has 2 aromatic heterocycles. The molecule has 0 atom stereocenters. The van der Waals surface area contributed by atoms with Gasteiger partial charge in [-0.25, -0.2) is 9.59 Å². The van der Waals surface area contributed by atoms with Crippen LogP contribution in [0.4, 0.5) is 10.5 Å². The van der Waals surface area contributed by atoms with Crippen molar-refractivity contribution >= 4 is 29.0 Å². The lowest BCUT2D eigenvalue weighted by molar-refractivity contribution is 0.0607. The molecule has 7 heteroatoms. The van der Waals surface area contributed by atoms with Gasteiger partial charge in [-0.2, -0.15) is 0 Å². The number of urea groups is 1. The van der Waals surface area contributed by atoms with Crippen molar-refractivity contribution in [1.82, 2.24) is 10.3 Å². The number of methoxy groups -OCH3 is 1. The molecule has 2 aromatic rings. The number of anilines is 1. The minimum Gasteiger partial charge on any atom is -0.465 e. The number of nitrogens with one attached hydrogen (secondary N) is 2. The Morgan fingerprint density at radius 2 is 2.25 bits per heavy atom. The lowest BCUT2D eigenvalue weighted by Crippen LogP contribution is -2.28. The number of carbonyl (C=O) groups is 2. The minimum atomic E-state index is -0.470. The van der Waals surface area contributed by atoms with E-state index in [-0.39, 0.29) is 0 Å². The van der Waals surface area contributed by atoms with E-state index in [0.29, 0.717) is 17.1 Å². The molecule has 2 amide bonds. The fourth-order valence-electron chi connectivity index (χ4n) is 1.51. The maximum Gasteiger partial charge on any atom is 0.350 e. The zero-order valence-electron chi connectivity index (χ0n) is 10.8. The van der Waals surface area contributed by atoms with E-state index in [4.69, 9.17) is 0 Å². The van der Waals surface area contributed by atoms with Gasteiger partial charge in [0.1, 0.15) is 4.88 Å². The smallest absolute Gasteiger partial charge is 0.350 e. The Kier molecular flexibility index (Phi) is 4.67. The van der Waals surface area contributed by atoms with Gasteiger partial charge in [0.25, 0.3) is 0 Å². The van der Waals surface area contributed by atoms with E-state index >= 15 is 0 Å². The van der Waals surface area contributed by atoms with E-state index in [0.717, 1.165) is 5.56 Å². The molecule has 0 aliphatic heterocycles. The summed E-state index contributed by atoms with van der Waals surface area (Å²) < 4.78 is 4.64. The highest BCUT2D eigenvalue weighted by molar-refractivity contribution is 7.12. The van der Waals surface area contributed by atoms with Gasteiger partial charge < -0.3 is 15.4 Å².